The molecule has 0 aliphatic carbocycles. The summed E-state index contributed by atoms with van der Waals surface area (Å²) in [4.78, 5) is 29.8. The Bertz CT molecular complexity index is 1680. The molecule has 0 spiro atoms. The van der Waals surface area contributed by atoms with E-state index in [0.717, 1.165) is 28.0 Å². The molecule has 1 atom stereocenters. The molecule has 4 aromatic carbocycles. The molecule has 2 amide bonds. The van der Waals surface area contributed by atoms with Gasteiger partial charge >= 0.3 is 0 Å². The minimum absolute atomic E-state index is 0.139. The van der Waals surface area contributed by atoms with Gasteiger partial charge in [-0.2, -0.15) is 0 Å². The Morgan fingerprint density at radius 2 is 1.28 bits per heavy atom. The first-order valence-electron chi connectivity index (χ1n) is 15.7. The maximum Gasteiger partial charge on any atom is 0.243 e. The number of methoxy groups -OCH3 is 2. The molecule has 1 unspecified atom stereocenters. The van der Waals surface area contributed by atoms with E-state index in [1.54, 1.807) is 50.3 Å². The largest absolute Gasteiger partial charge is 0.497 e. The molecule has 0 aromatic heterocycles. The van der Waals surface area contributed by atoms with Gasteiger partial charge in [0.15, 0.2) is 0 Å². The molecule has 0 fully saturated rings. The van der Waals surface area contributed by atoms with Crippen LogP contribution in [-0.2, 0) is 45.4 Å². The van der Waals surface area contributed by atoms with Crippen molar-refractivity contribution in [2.45, 2.75) is 50.1 Å². The number of nitrogens with zero attached hydrogens (tertiary/aromatic N) is 1. The van der Waals surface area contributed by atoms with Crippen molar-refractivity contribution < 1.29 is 27.5 Å². The van der Waals surface area contributed by atoms with Crippen LogP contribution >= 0.6 is 0 Å². The molecule has 0 radical (unpaired) electrons. The summed E-state index contributed by atoms with van der Waals surface area (Å²) in [6, 6.07) is 30.6. The standard InChI is InChI=1S/C37H43N3O6S/c1-4-39-47(43,44)34-21-14-28(15-22-34)16-23-36(41)40(27-31-12-19-33(46-3)20-13-31)35(26-30-8-6-5-7-9-30)37(42)38-25-24-29-10-17-32(45-2)18-11-29/h5-15,17-22,35,39H,4,16,23-27H2,1-3H3,(H,38,42). The Morgan fingerprint density at radius 3 is 1.85 bits per heavy atom. The molecule has 10 heteroatoms. The molecule has 248 valence electrons. The summed E-state index contributed by atoms with van der Waals surface area (Å²) < 4.78 is 37.8. The van der Waals surface area contributed by atoms with Gasteiger partial charge < -0.3 is 19.7 Å². The lowest BCUT2D eigenvalue weighted by atomic mass is 10.0. The molecule has 2 N–H and O–H groups in total. The van der Waals surface area contributed by atoms with Crippen molar-refractivity contribution in [3.63, 3.8) is 0 Å². The van der Waals surface area contributed by atoms with E-state index in [0.29, 0.717) is 38.1 Å². The van der Waals surface area contributed by atoms with E-state index >= 15 is 0 Å². The zero-order valence-corrected chi connectivity index (χ0v) is 28.0. The highest BCUT2D eigenvalue weighted by atomic mass is 32.2. The minimum Gasteiger partial charge on any atom is -0.497 e. The summed E-state index contributed by atoms with van der Waals surface area (Å²) in [7, 11) is -0.358. The molecular weight excluding hydrogens is 614 g/mol. The highest BCUT2D eigenvalue weighted by molar-refractivity contribution is 7.89. The van der Waals surface area contributed by atoms with Crippen molar-refractivity contribution in [3.05, 3.63) is 125 Å². The molecule has 9 nitrogen and oxygen atoms in total. The fourth-order valence-electron chi connectivity index (χ4n) is 5.23. The molecule has 0 bridgehead atoms. The molecule has 0 aliphatic rings. The van der Waals surface area contributed by atoms with Gasteiger partial charge in [-0.05, 0) is 71.5 Å². The van der Waals surface area contributed by atoms with Crippen LogP contribution in [0, 0.1) is 0 Å². The van der Waals surface area contributed by atoms with Gasteiger partial charge in [-0.1, -0.05) is 73.7 Å². The van der Waals surface area contributed by atoms with Gasteiger partial charge in [-0.25, -0.2) is 13.1 Å². The van der Waals surface area contributed by atoms with E-state index in [2.05, 4.69) is 10.0 Å². The molecule has 0 heterocycles. The lowest BCUT2D eigenvalue weighted by Gasteiger charge is -2.32. The first kappa shape index (κ1) is 35.2. The second-order valence-corrected chi connectivity index (χ2v) is 12.9. The molecule has 47 heavy (non-hydrogen) atoms. The van der Waals surface area contributed by atoms with E-state index in [1.807, 2.05) is 78.9 Å². The molecular formula is C37H43N3O6S. The van der Waals surface area contributed by atoms with Crippen LogP contribution in [-0.4, -0.2) is 58.5 Å². The number of nitrogens with one attached hydrogen (secondary N) is 2. The topological polar surface area (TPSA) is 114 Å². The van der Waals surface area contributed by atoms with Crippen LogP contribution in [0.5, 0.6) is 11.5 Å². The highest BCUT2D eigenvalue weighted by Crippen LogP contribution is 2.20. The second kappa shape index (κ2) is 17.3. The van der Waals surface area contributed by atoms with Gasteiger partial charge in [0.05, 0.1) is 19.1 Å². The fourth-order valence-corrected chi connectivity index (χ4v) is 6.27. The van der Waals surface area contributed by atoms with Crippen LogP contribution in [0.4, 0.5) is 0 Å². The number of carbonyl (C=O) groups excluding carboxylic acids is 2. The number of ether oxygens (including phenoxy) is 2. The first-order chi connectivity index (χ1) is 22.7. The van der Waals surface area contributed by atoms with Crippen molar-refractivity contribution in [1.82, 2.24) is 14.9 Å². The zero-order valence-electron chi connectivity index (χ0n) is 27.1. The van der Waals surface area contributed by atoms with E-state index < -0.39 is 16.1 Å². The number of benzene rings is 4. The van der Waals surface area contributed by atoms with E-state index in [9.17, 15) is 18.0 Å². The van der Waals surface area contributed by atoms with Gasteiger partial charge in [0, 0.05) is 32.5 Å². The van der Waals surface area contributed by atoms with E-state index in [1.165, 1.54) is 0 Å². The van der Waals surface area contributed by atoms with Gasteiger partial charge in [-0.15, -0.1) is 0 Å². The van der Waals surface area contributed by atoms with Crippen LogP contribution in [0.2, 0.25) is 0 Å². The number of carbonyl (C=O) groups is 2. The number of hydrogen-bond donors (Lipinski definition) is 2. The van der Waals surface area contributed by atoms with Crippen molar-refractivity contribution in [2.24, 2.45) is 0 Å². The first-order valence-corrected chi connectivity index (χ1v) is 17.2. The van der Waals surface area contributed by atoms with Gasteiger partial charge in [0.1, 0.15) is 17.5 Å². The molecule has 0 saturated heterocycles. The predicted octanol–water partition coefficient (Wildman–Crippen LogP) is 4.93. The predicted molar refractivity (Wildman–Crippen MR) is 183 cm³/mol. The van der Waals surface area contributed by atoms with Gasteiger partial charge in [0.2, 0.25) is 21.8 Å². The normalized spacial score (nSPS) is 11.8. The Labute approximate surface area is 278 Å². The van der Waals surface area contributed by atoms with Crippen LogP contribution in [0.15, 0.2) is 108 Å². The monoisotopic (exact) mass is 657 g/mol. The third-order valence-corrected chi connectivity index (χ3v) is 9.41. The van der Waals surface area contributed by atoms with Crippen molar-refractivity contribution in [1.29, 1.82) is 0 Å². The summed E-state index contributed by atoms with van der Waals surface area (Å²) in [5, 5.41) is 3.08. The van der Waals surface area contributed by atoms with Crippen molar-refractivity contribution in [2.75, 3.05) is 27.3 Å². The van der Waals surface area contributed by atoms with Crippen LogP contribution in [0.25, 0.3) is 0 Å². The fraction of sp³-hybridized carbons (Fsp3) is 0.297. The van der Waals surface area contributed by atoms with Crippen molar-refractivity contribution >= 4 is 21.8 Å². The Hall–Kier alpha value is -4.67. The zero-order chi connectivity index (χ0) is 33.6. The summed E-state index contributed by atoms with van der Waals surface area (Å²) >= 11 is 0. The molecule has 4 aromatic rings. The van der Waals surface area contributed by atoms with Crippen LogP contribution in [0.1, 0.15) is 35.6 Å². The SMILES string of the molecule is CCNS(=O)(=O)c1ccc(CCC(=O)N(Cc2ccc(OC)cc2)C(Cc2ccccc2)C(=O)NCCc2ccc(OC)cc2)cc1. The van der Waals surface area contributed by atoms with E-state index in [4.69, 9.17) is 9.47 Å². The number of amides is 2. The number of sulfonamides is 1. The van der Waals surface area contributed by atoms with Gasteiger partial charge in [0.25, 0.3) is 0 Å². The summed E-state index contributed by atoms with van der Waals surface area (Å²) in [5.41, 5.74) is 3.68. The number of aryl methyl sites for hydroxylation is 1. The quantitative estimate of drug-likeness (QED) is 0.167. The molecule has 0 saturated carbocycles. The maximum atomic E-state index is 14.1. The van der Waals surface area contributed by atoms with Crippen LogP contribution < -0.4 is 19.5 Å². The van der Waals surface area contributed by atoms with Gasteiger partial charge in [-0.3, -0.25) is 9.59 Å². The number of rotatable bonds is 17. The third-order valence-electron chi connectivity index (χ3n) is 7.85. The average Bonchev–Trinajstić information content (AvgIpc) is 3.10. The van der Waals surface area contributed by atoms with Crippen LogP contribution in [0.3, 0.4) is 0 Å². The maximum absolute atomic E-state index is 14.1. The Morgan fingerprint density at radius 1 is 0.723 bits per heavy atom. The molecule has 0 aliphatic heterocycles. The third kappa shape index (κ3) is 10.4. The Balaban J connectivity index is 1.56. The second-order valence-electron chi connectivity index (χ2n) is 11.1. The highest BCUT2D eigenvalue weighted by Gasteiger charge is 2.30. The smallest absolute Gasteiger partial charge is 0.243 e. The Kier molecular flexibility index (Phi) is 13.0. The lowest BCUT2D eigenvalue weighted by molar-refractivity contribution is -0.141. The lowest BCUT2D eigenvalue weighted by Crippen LogP contribution is -2.50. The van der Waals surface area contributed by atoms with Crippen molar-refractivity contribution in [3.8, 4) is 11.5 Å². The summed E-state index contributed by atoms with van der Waals surface area (Å²) in [6.45, 7) is 2.65. The minimum atomic E-state index is -3.57. The summed E-state index contributed by atoms with van der Waals surface area (Å²) in [6.07, 6.45) is 1.49. The number of hydrogen-bond acceptors (Lipinski definition) is 6. The average molecular weight is 658 g/mol. The summed E-state index contributed by atoms with van der Waals surface area (Å²) in [5.74, 6) is 1.05. The molecule has 4 rings (SSSR count). The van der Waals surface area contributed by atoms with E-state index in [-0.39, 0.29) is 29.7 Å².